The molecule has 0 aliphatic rings. The molecule has 0 aliphatic heterocycles. The highest BCUT2D eigenvalue weighted by Gasteiger charge is 2.22. The Kier molecular flexibility index (Phi) is 5.61. The molecule has 2 aromatic carbocycles. The molecule has 0 bridgehead atoms. The van der Waals surface area contributed by atoms with Crippen molar-refractivity contribution in [2.75, 3.05) is 11.9 Å². The van der Waals surface area contributed by atoms with Crippen LogP contribution in [0.2, 0.25) is 5.02 Å². The molecule has 0 saturated heterocycles. The number of carbonyl (C=O) groups is 1. The van der Waals surface area contributed by atoms with Crippen molar-refractivity contribution in [1.82, 2.24) is 14.5 Å². The maximum absolute atomic E-state index is 13.3. The molecule has 4 rings (SSSR count). The molecule has 2 aromatic heterocycles. The second-order valence-electron chi connectivity index (χ2n) is 6.97. The van der Waals surface area contributed by atoms with Gasteiger partial charge >= 0.3 is 5.97 Å². The third-order valence-electron chi connectivity index (χ3n) is 4.99. The van der Waals surface area contributed by atoms with Crippen LogP contribution in [0.4, 0.5) is 15.9 Å². The largest absolute Gasteiger partial charge is 0.460 e. The van der Waals surface area contributed by atoms with Gasteiger partial charge in [-0.1, -0.05) is 17.7 Å². The Labute approximate surface area is 183 Å². The topological polar surface area (TPSA) is 69.0 Å². The van der Waals surface area contributed by atoms with E-state index < -0.39 is 5.97 Å². The number of ether oxygens (including phenoxy) is 1. The van der Waals surface area contributed by atoms with Gasteiger partial charge in [-0.25, -0.2) is 19.2 Å². The molecule has 0 amide bonds. The van der Waals surface area contributed by atoms with Crippen LogP contribution in [0.5, 0.6) is 0 Å². The number of carbonyl (C=O) groups excluding carboxylic acids is 1. The number of fused-ring (bicyclic) bond motifs is 1. The zero-order valence-corrected chi connectivity index (χ0v) is 18.0. The van der Waals surface area contributed by atoms with Crippen LogP contribution in [0.3, 0.4) is 0 Å². The zero-order valence-electron chi connectivity index (χ0n) is 17.2. The molecular weight excluding hydrogens is 419 g/mol. The number of anilines is 2. The predicted molar refractivity (Wildman–Crippen MR) is 119 cm³/mol. The van der Waals surface area contributed by atoms with Gasteiger partial charge in [-0.2, -0.15) is 0 Å². The molecule has 0 saturated carbocycles. The first kappa shape index (κ1) is 20.8. The highest BCUT2D eigenvalue weighted by atomic mass is 35.5. The van der Waals surface area contributed by atoms with Gasteiger partial charge in [-0.15, -0.1) is 0 Å². The number of halogens is 2. The number of aromatic nitrogens is 3. The monoisotopic (exact) mass is 438 g/mol. The van der Waals surface area contributed by atoms with Gasteiger partial charge in [0.15, 0.2) is 5.65 Å². The first-order valence-corrected chi connectivity index (χ1v) is 10.1. The Hall–Kier alpha value is -3.45. The van der Waals surface area contributed by atoms with Gasteiger partial charge < -0.3 is 10.1 Å². The van der Waals surface area contributed by atoms with Crippen molar-refractivity contribution < 1.29 is 13.9 Å². The highest BCUT2D eigenvalue weighted by molar-refractivity contribution is 6.30. The third kappa shape index (κ3) is 3.96. The normalized spacial score (nSPS) is 11.0. The molecule has 2 heterocycles. The van der Waals surface area contributed by atoms with E-state index in [4.69, 9.17) is 16.3 Å². The third-order valence-corrected chi connectivity index (χ3v) is 5.22. The average molecular weight is 439 g/mol. The minimum atomic E-state index is -0.624. The molecule has 8 heteroatoms. The maximum Gasteiger partial charge on any atom is 0.376 e. The van der Waals surface area contributed by atoms with Gasteiger partial charge in [0, 0.05) is 22.1 Å². The Morgan fingerprint density at radius 1 is 1.16 bits per heavy atom. The van der Waals surface area contributed by atoms with Crippen molar-refractivity contribution in [3.8, 4) is 5.69 Å². The summed E-state index contributed by atoms with van der Waals surface area (Å²) < 4.78 is 20.4. The van der Waals surface area contributed by atoms with Crippen molar-refractivity contribution in [1.29, 1.82) is 0 Å². The molecule has 4 aromatic rings. The van der Waals surface area contributed by atoms with Crippen LogP contribution in [0, 0.1) is 19.7 Å². The zero-order chi connectivity index (χ0) is 22.1. The van der Waals surface area contributed by atoms with Crippen LogP contribution in [0.1, 0.15) is 28.8 Å². The molecule has 31 heavy (non-hydrogen) atoms. The summed E-state index contributed by atoms with van der Waals surface area (Å²) in [5.41, 5.74) is 3.85. The SMILES string of the molecule is CCOC(=O)c1nc(Nc2ccc(F)cc2)c2c(C)c(C)n(-c3cccc(Cl)c3)c2n1. The van der Waals surface area contributed by atoms with Crippen LogP contribution in [-0.4, -0.2) is 27.1 Å². The van der Waals surface area contributed by atoms with Gasteiger partial charge in [0.05, 0.1) is 12.0 Å². The van der Waals surface area contributed by atoms with Gasteiger partial charge in [-0.05, 0) is 68.8 Å². The minimum Gasteiger partial charge on any atom is -0.460 e. The second-order valence-corrected chi connectivity index (χ2v) is 7.41. The van der Waals surface area contributed by atoms with Gasteiger partial charge in [0.25, 0.3) is 0 Å². The molecule has 1 N–H and O–H groups in total. The summed E-state index contributed by atoms with van der Waals surface area (Å²) in [5.74, 6) is -0.605. The minimum absolute atomic E-state index is 0.0697. The summed E-state index contributed by atoms with van der Waals surface area (Å²) in [6.07, 6.45) is 0. The standard InChI is InChI=1S/C23H20ClFN4O2/c1-4-31-23(30)21-27-20(26-17-10-8-16(25)9-11-17)19-13(2)14(3)29(22(19)28-21)18-7-5-6-15(24)12-18/h5-12H,4H2,1-3H3,(H,26,27,28). The fourth-order valence-electron chi connectivity index (χ4n) is 3.44. The second kappa shape index (κ2) is 8.35. The first-order chi connectivity index (χ1) is 14.9. The van der Waals surface area contributed by atoms with Crippen molar-refractivity contribution in [3.05, 3.63) is 76.5 Å². The summed E-state index contributed by atoms with van der Waals surface area (Å²) in [5, 5.41) is 4.52. The van der Waals surface area contributed by atoms with Gasteiger partial charge in [0.1, 0.15) is 11.6 Å². The van der Waals surface area contributed by atoms with E-state index in [0.29, 0.717) is 22.2 Å². The molecule has 0 spiro atoms. The summed E-state index contributed by atoms with van der Waals surface area (Å²) in [7, 11) is 0. The van der Waals surface area contributed by atoms with Gasteiger partial charge in [0.2, 0.25) is 5.82 Å². The fraction of sp³-hybridized carbons (Fsp3) is 0.174. The number of esters is 1. The van der Waals surface area contributed by atoms with Crippen molar-refractivity contribution >= 4 is 40.1 Å². The summed E-state index contributed by atoms with van der Waals surface area (Å²) in [6.45, 7) is 5.84. The number of hydrogen-bond donors (Lipinski definition) is 1. The number of benzene rings is 2. The van der Waals surface area contributed by atoms with E-state index in [9.17, 15) is 9.18 Å². The van der Waals surface area contributed by atoms with Crippen molar-refractivity contribution in [2.45, 2.75) is 20.8 Å². The molecule has 0 atom stereocenters. The Balaban J connectivity index is 1.98. The summed E-state index contributed by atoms with van der Waals surface area (Å²) >= 11 is 6.22. The van der Waals surface area contributed by atoms with Crippen LogP contribution < -0.4 is 5.32 Å². The van der Waals surface area contributed by atoms with Crippen LogP contribution in [0.15, 0.2) is 48.5 Å². The van der Waals surface area contributed by atoms with Crippen molar-refractivity contribution in [2.24, 2.45) is 0 Å². The molecule has 0 unspecified atom stereocenters. The van der Waals surface area contributed by atoms with E-state index in [1.54, 1.807) is 25.1 Å². The van der Waals surface area contributed by atoms with E-state index in [0.717, 1.165) is 22.3 Å². The van der Waals surface area contributed by atoms with Crippen LogP contribution >= 0.6 is 11.6 Å². The number of rotatable bonds is 5. The first-order valence-electron chi connectivity index (χ1n) is 9.74. The van der Waals surface area contributed by atoms with E-state index in [1.807, 2.05) is 36.6 Å². The summed E-state index contributed by atoms with van der Waals surface area (Å²) in [4.78, 5) is 21.4. The molecule has 0 aliphatic carbocycles. The number of aryl methyl sites for hydroxylation is 1. The van der Waals surface area contributed by atoms with E-state index in [-0.39, 0.29) is 18.2 Å². The lowest BCUT2D eigenvalue weighted by Crippen LogP contribution is -2.12. The van der Waals surface area contributed by atoms with E-state index >= 15 is 0 Å². The van der Waals surface area contributed by atoms with E-state index in [2.05, 4.69) is 15.3 Å². The van der Waals surface area contributed by atoms with Crippen LogP contribution in [-0.2, 0) is 4.74 Å². The Morgan fingerprint density at radius 3 is 2.58 bits per heavy atom. The lowest BCUT2D eigenvalue weighted by atomic mass is 10.2. The number of nitrogens with zero attached hydrogens (tertiary/aromatic N) is 3. The van der Waals surface area contributed by atoms with Crippen LogP contribution in [0.25, 0.3) is 16.7 Å². The molecule has 0 fully saturated rings. The maximum atomic E-state index is 13.3. The summed E-state index contributed by atoms with van der Waals surface area (Å²) in [6, 6.07) is 13.3. The molecule has 6 nitrogen and oxygen atoms in total. The predicted octanol–water partition coefficient (Wildman–Crippen LogP) is 5.75. The number of nitrogens with one attached hydrogen (secondary N) is 1. The smallest absolute Gasteiger partial charge is 0.376 e. The molecule has 0 radical (unpaired) electrons. The molecule has 158 valence electrons. The van der Waals surface area contributed by atoms with Gasteiger partial charge in [-0.3, -0.25) is 4.57 Å². The lowest BCUT2D eigenvalue weighted by Gasteiger charge is -2.11. The Bertz CT molecular complexity index is 1290. The quantitative estimate of drug-likeness (QED) is 0.402. The Morgan fingerprint density at radius 2 is 1.90 bits per heavy atom. The highest BCUT2D eigenvalue weighted by Crippen LogP contribution is 2.34. The average Bonchev–Trinajstić information content (AvgIpc) is 3.00. The number of hydrogen-bond acceptors (Lipinski definition) is 5. The molecular formula is C23H20ClFN4O2. The van der Waals surface area contributed by atoms with Crippen molar-refractivity contribution in [3.63, 3.8) is 0 Å². The fourth-order valence-corrected chi connectivity index (χ4v) is 3.63. The van der Waals surface area contributed by atoms with E-state index in [1.165, 1.54) is 12.1 Å². The lowest BCUT2D eigenvalue weighted by molar-refractivity contribution is 0.0512.